The van der Waals surface area contributed by atoms with Crippen LogP contribution in [0.5, 0.6) is 0 Å². The number of sulfonamides is 1. The summed E-state index contributed by atoms with van der Waals surface area (Å²) in [6.45, 7) is 6.51. The molecule has 1 aliphatic heterocycles. The molecular formula is C17H19N3O2S3. The normalized spacial score (nSPS) is 16.6. The van der Waals surface area contributed by atoms with Gasteiger partial charge in [0, 0.05) is 26.2 Å². The third-order valence-electron chi connectivity index (χ3n) is 4.42. The highest BCUT2D eigenvalue weighted by Crippen LogP contribution is 2.32. The Labute approximate surface area is 155 Å². The molecule has 0 aliphatic carbocycles. The van der Waals surface area contributed by atoms with Crippen LogP contribution in [0.3, 0.4) is 0 Å². The average Bonchev–Trinajstić information content (AvgIpc) is 3.25. The molecule has 132 valence electrons. The molecule has 8 heteroatoms. The number of piperazine rings is 1. The van der Waals surface area contributed by atoms with Crippen molar-refractivity contribution in [1.82, 2.24) is 9.29 Å². The van der Waals surface area contributed by atoms with E-state index in [1.807, 2.05) is 0 Å². The molecule has 0 radical (unpaired) electrons. The van der Waals surface area contributed by atoms with E-state index < -0.39 is 10.0 Å². The van der Waals surface area contributed by atoms with Crippen molar-refractivity contribution in [2.24, 2.45) is 0 Å². The summed E-state index contributed by atoms with van der Waals surface area (Å²) in [7, 11) is -3.35. The largest absolute Gasteiger partial charge is 0.345 e. The van der Waals surface area contributed by atoms with Crippen molar-refractivity contribution in [1.29, 1.82) is 0 Å². The lowest BCUT2D eigenvalue weighted by Gasteiger charge is -2.33. The summed E-state index contributed by atoms with van der Waals surface area (Å²) < 4.78 is 28.4. The molecule has 3 aromatic rings. The molecule has 0 bridgehead atoms. The number of hydrogen-bond acceptors (Lipinski definition) is 6. The van der Waals surface area contributed by atoms with Crippen LogP contribution in [0.25, 0.3) is 10.2 Å². The van der Waals surface area contributed by atoms with Gasteiger partial charge in [0.05, 0.1) is 10.2 Å². The van der Waals surface area contributed by atoms with Crippen LogP contribution in [0.15, 0.2) is 33.9 Å². The van der Waals surface area contributed by atoms with Gasteiger partial charge in [-0.3, -0.25) is 0 Å². The van der Waals surface area contributed by atoms with Gasteiger partial charge in [-0.05, 0) is 42.5 Å². The Hall–Kier alpha value is -1.48. The maximum atomic E-state index is 12.6. The summed E-state index contributed by atoms with van der Waals surface area (Å²) in [5.41, 5.74) is 3.49. The summed E-state index contributed by atoms with van der Waals surface area (Å²) in [4.78, 5) is 6.99. The van der Waals surface area contributed by atoms with Gasteiger partial charge < -0.3 is 4.90 Å². The fraction of sp³-hybridized carbons (Fsp3) is 0.353. The molecule has 1 aromatic carbocycles. The quantitative estimate of drug-likeness (QED) is 0.684. The number of anilines is 1. The Morgan fingerprint density at radius 3 is 2.56 bits per heavy atom. The van der Waals surface area contributed by atoms with E-state index in [9.17, 15) is 8.42 Å². The van der Waals surface area contributed by atoms with Crippen LogP contribution in [0.4, 0.5) is 5.13 Å². The Morgan fingerprint density at radius 1 is 1.12 bits per heavy atom. The number of rotatable bonds is 3. The zero-order valence-electron chi connectivity index (χ0n) is 14.1. The fourth-order valence-corrected chi connectivity index (χ4v) is 6.91. The maximum absolute atomic E-state index is 12.6. The summed E-state index contributed by atoms with van der Waals surface area (Å²) in [5.74, 6) is 0. The van der Waals surface area contributed by atoms with Crippen molar-refractivity contribution in [3.63, 3.8) is 0 Å². The lowest BCUT2D eigenvalue weighted by Crippen LogP contribution is -2.48. The predicted molar refractivity (Wildman–Crippen MR) is 104 cm³/mol. The van der Waals surface area contributed by atoms with Gasteiger partial charge in [-0.1, -0.05) is 23.5 Å². The van der Waals surface area contributed by atoms with E-state index in [0.717, 1.165) is 10.6 Å². The third kappa shape index (κ3) is 3.08. The molecule has 0 spiro atoms. The Bertz CT molecular complexity index is 1000. The SMILES string of the molecule is Cc1cc(C)c2nc(N3CCN(S(=O)(=O)c4cccs4)CC3)sc2c1. The first-order chi connectivity index (χ1) is 11.9. The lowest BCUT2D eigenvalue weighted by molar-refractivity contribution is 0.386. The van der Waals surface area contributed by atoms with Crippen LogP contribution >= 0.6 is 22.7 Å². The summed E-state index contributed by atoms with van der Waals surface area (Å²) in [6.07, 6.45) is 0. The van der Waals surface area contributed by atoms with Gasteiger partial charge in [0.1, 0.15) is 4.21 Å². The van der Waals surface area contributed by atoms with E-state index >= 15 is 0 Å². The molecule has 0 atom stereocenters. The molecule has 1 saturated heterocycles. The zero-order valence-corrected chi connectivity index (χ0v) is 16.5. The molecule has 5 nitrogen and oxygen atoms in total. The number of benzene rings is 1. The van der Waals surface area contributed by atoms with Crippen LogP contribution in [0, 0.1) is 13.8 Å². The van der Waals surface area contributed by atoms with Crippen molar-refractivity contribution >= 4 is 48.0 Å². The first-order valence-corrected chi connectivity index (χ1v) is 11.3. The smallest absolute Gasteiger partial charge is 0.252 e. The average molecular weight is 394 g/mol. The Balaban J connectivity index is 1.53. The molecule has 4 rings (SSSR count). The minimum Gasteiger partial charge on any atom is -0.345 e. The molecular weight excluding hydrogens is 374 g/mol. The van der Waals surface area contributed by atoms with Gasteiger partial charge in [0.15, 0.2) is 5.13 Å². The highest BCUT2D eigenvalue weighted by atomic mass is 32.2. The number of fused-ring (bicyclic) bond motifs is 1. The monoisotopic (exact) mass is 393 g/mol. The topological polar surface area (TPSA) is 53.5 Å². The van der Waals surface area contributed by atoms with E-state index in [1.165, 1.54) is 27.2 Å². The van der Waals surface area contributed by atoms with Gasteiger partial charge in [0.25, 0.3) is 10.0 Å². The third-order valence-corrected chi connectivity index (χ3v) is 8.75. The Kier molecular flexibility index (Phi) is 4.31. The van der Waals surface area contributed by atoms with E-state index in [4.69, 9.17) is 4.98 Å². The van der Waals surface area contributed by atoms with E-state index in [-0.39, 0.29) is 0 Å². The van der Waals surface area contributed by atoms with Crippen LogP contribution in [-0.2, 0) is 10.0 Å². The van der Waals surface area contributed by atoms with E-state index in [2.05, 4.69) is 30.9 Å². The van der Waals surface area contributed by atoms with E-state index in [1.54, 1.807) is 33.2 Å². The fourth-order valence-electron chi connectivity index (χ4n) is 3.15. The zero-order chi connectivity index (χ0) is 17.6. The highest BCUT2D eigenvalue weighted by Gasteiger charge is 2.30. The maximum Gasteiger partial charge on any atom is 0.252 e. The summed E-state index contributed by atoms with van der Waals surface area (Å²) in [6, 6.07) is 7.77. The minimum absolute atomic E-state index is 0.423. The summed E-state index contributed by atoms with van der Waals surface area (Å²) in [5, 5.41) is 2.78. The van der Waals surface area contributed by atoms with Crippen molar-refractivity contribution < 1.29 is 8.42 Å². The van der Waals surface area contributed by atoms with Gasteiger partial charge in [-0.2, -0.15) is 4.31 Å². The predicted octanol–water partition coefficient (Wildman–Crippen LogP) is 3.49. The molecule has 1 fully saturated rings. The first-order valence-electron chi connectivity index (χ1n) is 8.11. The molecule has 1 aliphatic rings. The second-order valence-electron chi connectivity index (χ2n) is 6.25. The van der Waals surface area contributed by atoms with Crippen LogP contribution < -0.4 is 4.90 Å². The summed E-state index contributed by atoms with van der Waals surface area (Å²) >= 11 is 2.96. The second-order valence-corrected chi connectivity index (χ2v) is 10.4. The number of aryl methyl sites for hydroxylation is 2. The highest BCUT2D eigenvalue weighted by molar-refractivity contribution is 7.91. The van der Waals surface area contributed by atoms with Crippen molar-refractivity contribution in [2.75, 3.05) is 31.1 Å². The van der Waals surface area contributed by atoms with Crippen LogP contribution in [0.2, 0.25) is 0 Å². The van der Waals surface area contributed by atoms with Crippen LogP contribution in [-0.4, -0.2) is 43.9 Å². The molecule has 25 heavy (non-hydrogen) atoms. The standard InChI is InChI=1S/C17H19N3O2S3/c1-12-10-13(2)16-14(11-12)24-17(18-16)19-5-7-20(8-6-19)25(21,22)15-4-3-9-23-15/h3-4,9-11H,5-8H2,1-2H3. The molecule has 0 amide bonds. The van der Waals surface area contributed by atoms with Crippen molar-refractivity contribution in [2.45, 2.75) is 18.1 Å². The van der Waals surface area contributed by atoms with Gasteiger partial charge in [-0.15, -0.1) is 11.3 Å². The van der Waals surface area contributed by atoms with Gasteiger partial charge in [0.2, 0.25) is 0 Å². The molecule has 2 aromatic heterocycles. The Morgan fingerprint density at radius 2 is 1.88 bits per heavy atom. The van der Waals surface area contributed by atoms with Gasteiger partial charge >= 0.3 is 0 Å². The minimum atomic E-state index is -3.35. The second kappa shape index (κ2) is 6.35. The number of thiophene rings is 1. The molecule has 0 saturated carbocycles. The number of nitrogens with zero attached hydrogens (tertiary/aromatic N) is 3. The number of hydrogen-bond donors (Lipinski definition) is 0. The molecule has 3 heterocycles. The molecule has 0 N–H and O–H groups in total. The first kappa shape index (κ1) is 17.0. The number of aromatic nitrogens is 1. The van der Waals surface area contributed by atoms with Gasteiger partial charge in [-0.25, -0.2) is 13.4 Å². The van der Waals surface area contributed by atoms with Crippen LogP contribution in [0.1, 0.15) is 11.1 Å². The van der Waals surface area contributed by atoms with Crippen molar-refractivity contribution in [3.05, 3.63) is 40.8 Å². The molecule has 0 unspecified atom stereocenters. The number of thiazole rings is 1. The van der Waals surface area contributed by atoms with Crippen molar-refractivity contribution in [3.8, 4) is 0 Å². The lowest BCUT2D eigenvalue weighted by atomic mass is 10.1. The van der Waals surface area contributed by atoms with E-state index in [0.29, 0.717) is 30.4 Å².